The summed E-state index contributed by atoms with van der Waals surface area (Å²) in [6.07, 6.45) is 4.50. The average Bonchev–Trinajstić information content (AvgIpc) is 2.80. The third-order valence-electron chi connectivity index (χ3n) is 6.63. The van der Waals surface area contributed by atoms with Crippen LogP contribution in [0, 0.1) is 17.7 Å². The van der Waals surface area contributed by atoms with Crippen LogP contribution in [0.1, 0.15) is 55.5 Å². The summed E-state index contributed by atoms with van der Waals surface area (Å²) < 4.78 is 24.3. The number of ether oxygens (including phenoxy) is 2. The normalized spacial score (nSPS) is 19.7. The summed E-state index contributed by atoms with van der Waals surface area (Å²) in [6.45, 7) is 2.92. The Balaban J connectivity index is 1.35. The monoisotopic (exact) mass is 469 g/mol. The number of hydrogen-bond acceptors (Lipinski definition) is 6. The number of methoxy groups -OCH3 is 1. The molecule has 0 bridgehead atoms. The Morgan fingerprint density at radius 3 is 2.82 bits per heavy atom. The van der Waals surface area contributed by atoms with Crippen LogP contribution in [-0.2, 0) is 27.2 Å². The van der Waals surface area contributed by atoms with Crippen LogP contribution in [0.2, 0.25) is 0 Å². The van der Waals surface area contributed by atoms with Gasteiger partial charge in [-0.25, -0.2) is 9.37 Å². The van der Waals surface area contributed by atoms with Gasteiger partial charge in [-0.3, -0.25) is 9.59 Å². The van der Waals surface area contributed by atoms with E-state index in [1.165, 1.54) is 24.8 Å². The highest BCUT2D eigenvalue weighted by atomic mass is 19.1. The first-order chi connectivity index (χ1) is 16.5. The lowest BCUT2D eigenvalue weighted by atomic mass is 9.72. The molecule has 1 fully saturated rings. The second-order valence-electron chi connectivity index (χ2n) is 9.04. The zero-order valence-electron chi connectivity index (χ0n) is 19.7. The predicted octanol–water partition coefficient (Wildman–Crippen LogP) is 3.97. The van der Waals surface area contributed by atoms with E-state index >= 15 is 0 Å². The summed E-state index contributed by atoms with van der Waals surface area (Å²) >= 11 is 0. The predicted molar refractivity (Wildman–Crippen MR) is 126 cm³/mol. The summed E-state index contributed by atoms with van der Waals surface area (Å²) in [5.74, 6) is 0.257. The van der Waals surface area contributed by atoms with E-state index in [4.69, 9.17) is 14.5 Å². The number of esters is 1. The summed E-state index contributed by atoms with van der Waals surface area (Å²) in [5.41, 5.74) is 2.82. The number of amides is 1. The van der Waals surface area contributed by atoms with E-state index in [0.717, 1.165) is 50.2 Å². The summed E-state index contributed by atoms with van der Waals surface area (Å²) in [4.78, 5) is 29.8. The number of halogens is 1. The number of hydrogen-bond donors (Lipinski definition) is 2. The number of aromatic nitrogens is 1. The number of nitrogens with one attached hydrogen (secondary N) is 2. The van der Waals surface area contributed by atoms with E-state index in [2.05, 4.69) is 22.8 Å². The maximum Gasteiger partial charge on any atom is 0.308 e. The Morgan fingerprint density at radius 2 is 2.09 bits per heavy atom. The van der Waals surface area contributed by atoms with E-state index in [9.17, 15) is 14.0 Å². The third-order valence-corrected chi connectivity index (χ3v) is 6.63. The zero-order valence-corrected chi connectivity index (χ0v) is 19.7. The molecule has 0 spiro atoms. The molecule has 1 aromatic carbocycles. The molecule has 1 saturated carbocycles. The van der Waals surface area contributed by atoms with Crippen molar-refractivity contribution in [3.05, 3.63) is 53.0 Å². The maximum atomic E-state index is 14.3. The molecular formula is C26H32FN3O4. The van der Waals surface area contributed by atoms with Gasteiger partial charge >= 0.3 is 5.97 Å². The lowest BCUT2D eigenvalue weighted by Crippen LogP contribution is -2.41. The Hall–Kier alpha value is -3.16. The van der Waals surface area contributed by atoms with E-state index in [-0.39, 0.29) is 30.6 Å². The summed E-state index contributed by atoms with van der Waals surface area (Å²) in [6, 6.07) is 8.02. The highest BCUT2D eigenvalue weighted by Gasteiger charge is 2.36. The fraction of sp³-hybridized carbons (Fsp3) is 0.500. The molecule has 34 heavy (non-hydrogen) atoms. The quantitative estimate of drug-likeness (QED) is 0.541. The number of rotatable bonds is 9. The minimum atomic E-state index is -0.667. The van der Waals surface area contributed by atoms with Crippen molar-refractivity contribution in [2.75, 3.05) is 25.6 Å². The van der Waals surface area contributed by atoms with Crippen LogP contribution in [0.15, 0.2) is 30.3 Å². The van der Waals surface area contributed by atoms with Crippen LogP contribution in [0.5, 0.6) is 5.75 Å². The standard InChI is InChI=1S/C26H32FN3O4/c1-3-34-24(31)15-22(18-7-9-23(33-2)21(27)14-18)30-26(32)19-11-16(12-19)13-20-8-6-17-5-4-10-28-25(17)29-20/h6-9,14,16,19,22H,3-5,10-13,15H2,1-2H3,(H,28,29)(H,30,32)/t16-,19+,22?. The number of carbonyl (C=O) groups is 2. The zero-order chi connectivity index (χ0) is 24.1. The van der Waals surface area contributed by atoms with Crippen molar-refractivity contribution in [1.29, 1.82) is 0 Å². The molecule has 1 atom stereocenters. The van der Waals surface area contributed by atoms with Crippen LogP contribution in [0.25, 0.3) is 0 Å². The van der Waals surface area contributed by atoms with Gasteiger partial charge in [0, 0.05) is 18.2 Å². The van der Waals surface area contributed by atoms with Gasteiger partial charge < -0.3 is 20.1 Å². The molecule has 4 rings (SSSR count). The molecule has 2 aromatic rings. The van der Waals surface area contributed by atoms with Crippen LogP contribution in [0.3, 0.4) is 0 Å². The van der Waals surface area contributed by atoms with Crippen molar-refractivity contribution in [3.8, 4) is 5.75 Å². The second kappa shape index (κ2) is 10.8. The number of fused-ring (bicyclic) bond motifs is 1. The first-order valence-corrected chi connectivity index (χ1v) is 12.0. The van der Waals surface area contributed by atoms with E-state index in [0.29, 0.717) is 11.5 Å². The van der Waals surface area contributed by atoms with Crippen molar-refractivity contribution in [3.63, 3.8) is 0 Å². The highest BCUT2D eigenvalue weighted by molar-refractivity contribution is 5.81. The molecule has 1 amide bonds. The van der Waals surface area contributed by atoms with Crippen LogP contribution in [0.4, 0.5) is 10.2 Å². The highest BCUT2D eigenvalue weighted by Crippen LogP contribution is 2.37. The largest absolute Gasteiger partial charge is 0.494 e. The lowest BCUT2D eigenvalue weighted by molar-refractivity contribution is -0.144. The van der Waals surface area contributed by atoms with Gasteiger partial charge in [-0.05, 0) is 74.3 Å². The van der Waals surface area contributed by atoms with Crippen molar-refractivity contribution >= 4 is 17.7 Å². The Bertz CT molecular complexity index is 1040. The molecule has 0 radical (unpaired) electrons. The van der Waals surface area contributed by atoms with Gasteiger partial charge in [-0.2, -0.15) is 0 Å². The first-order valence-electron chi connectivity index (χ1n) is 12.0. The smallest absolute Gasteiger partial charge is 0.308 e. The Labute approximate surface area is 199 Å². The van der Waals surface area contributed by atoms with Crippen LogP contribution < -0.4 is 15.4 Å². The molecule has 182 valence electrons. The van der Waals surface area contributed by atoms with Crippen molar-refractivity contribution in [2.24, 2.45) is 11.8 Å². The number of benzene rings is 1. The molecule has 2 aliphatic rings. The van der Waals surface area contributed by atoms with Gasteiger partial charge in [0.2, 0.25) is 5.91 Å². The number of pyridine rings is 1. The minimum absolute atomic E-state index is 0.0620. The topological polar surface area (TPSA) is 89.5 Å². The molecule has 8 heteroatoms. The van der Waals surface area contributed by atoms with Crippen molar-refractivity contribution in [1.82, 2.24) is 10.3 Å². The molecular weight excluding hydrogens is 437 g/mol. The fourth-order valence-corrected chi connectivity index (χ4v) is 4.72. The van der Waals surface area contributed by atoms with E-state index in [1.807, 2.05) is 0 Å². The van der Waals surface area contributed by atoms with Gasteiger partial charge in [0.1, 0.15) is 5.82 Å². The molecule has 0 saturated heterocycles. The number of carbonyl (C=O) groups excluding carboxylic acids is 2. The number of nitrogens with zero attached hydrogens (tertiary/aromatic N) is 1. The second-order valence-corrected chi connectivity index (χ2v) is 9.04. The average molecular weight is 470 g/mol. The summed E-state index contributed by atoms with van der Waals surface area (Å²) in [7, 11) is 1.39. The lowest BCUT2D eigenvalue weighted by Gasteiger charge is -2.35. The first kappa shape index (κ1) is 24.0. The Morgan fingerprint density at radius 1 is 1.26 bits per heavy atom. The van der Waals surface area contributed by atoms with Gasteiger partial charge in [0.15, 0.2) is 11.6 Å². The Kier molecular flexibility index (Phi) is 7.65. The van der Waals surface area contributed by atoms with Gasteiger partial charge in [-0.1, -0.05) is 12.1 Å². The molecule has 7 nitrogen and oxygen atoms in total. The SMILES string of the molecule is CCOC(=O)CC(NC(=O)[C@H]1C[C@@H](Cc2ccc3c(n2)NCCC3)C1)c1ccc(OC)c(F)c1. The van der Waals surface area contributed by atoms with E-state index < -0.39 is 17.8 Å². The van der Waals surface area contributed by atoms with Gasteiger partial charge in [0.05, 0.1) is 26.2 Å². The van der Waals surface area contributed by atoms with Crippen LogP contribution in [-0.4, -0.2) is 37.1 Å². The minimum Gasteiger partial charge on any atom is -0.494 e. The number of aryl methyl sites for hydroxylation is 1. The molecule has 1 aliphatic heterocycles. The van der Waals surface area contributed by atoms with Crippen LogP contribution >= 0.6 is 0 Å². The van der Waals surface area contributed by atoms with Gasteiger partial charge in [-0.15, -0.1) is 0 Å². The molecule has 1 aromatic heterocycles. The molecule has 2 N–H and O–H groups in total. The molecule has 2 heterocycles. The summed E-state index contributed by atoms with van der Waals surface area (Å²) in [5, 5.41) is 6.31. The number of anilines is 1. The maximum absolute atomic E-state index is 14.3. The van der Waals surface area contributed by atoms with E-state index in [1.54, 1.807) is 13.0 Å². The third kappa shape index (κ3) is 5.66. The van der Waals surface area contributed by atoms with Gasteiger partial charge in [0.25, 0.3) is 0 Å². The van der Waals surface area contributed by atoms with Crippen molar-refractivity contribution < 1.29 is 23.5 Å². The fourth-order valence-electron chi connectivity index (χ4n) is 4.72. The van der Waals surface area contributed by atoms with Crippen molar-refractivity contribution in [2.45, 2.75) is 51.5 Å². The molecule has 1 aliphatic carbocycles. The molecule has 1 unspecified atom stereocenters.